The van der Waals surface area contributed by atoms with Crippen LogP contribution in [0.1, 0.15) is 18.9 Å². The molecular formula is C14H20N2O. The number of hydrogen-bond acceptors (Lipinski definition) is 3. The van der Waals surface area contributed by atoms with E-state index in [-0.39, 0.29) is 12.1 Å². The van der Waals surface area contributed by atoms with Gasteiger partial charge >= 0.3 is 0 Å². The van der Waals surface area contributed by atoms with Crippen molar-refractivity contribution in [3.63, 3.8) is 0 Å². The normalized spacial score (nSPS) is 22.4. The largest absolute Gasteiger partial charge is 0.399 e. The van der Waals surface area contributed by atoms with Gasteiger partial charge in [0.15, 0.2) is 0 Å². The molecule has 5 N–H and O–H groups in total. The van der Waals surface area contributed by atoms with Crippen molar-refractivity contribution in [1.29, 1.82) is 0 Å². The Morgan fingerprint density at radius 3 is 2.35 bits per heavy atom. The van der Waals surface area contributed by atoms with Gasteiger partial charge in [-0.1, -0.05) is 42.5 Å². The molecule has 3 nitrogen and oxygen atoms in total. The Morgan fingerprint density at radius 2 is 1.88 bits per heavy atom. The smallest absolute Gasteiger partial charge is 0.0634 e. The van der Waals surface area contributed by atoms with E-state index in [4.69, 9.17) is 16.6 Å². The Kier molecular flexibility index (Phi) is 4.94. The summed E-state index contributed by atoms with van der Waals surface area (Å²) in [6.45, 7) is 1.93. The van der Waals surface area contributed by atoms with Crippen LogP contribution in [0, 0.1) is 0 Å². The van der Waals surface area contributed by atoms with Crippen molar-refractivity contribution >= 4 is 0 Å². The topological polar surface area (TPSA) is 72.3 Å². The number of hydrogen-bond donors (Lipinski definition) is 3. The lowest BCUT2D eigenvalue weighted by Gasteiger charge is -2.27. The summed E-state index contributed by atoms with van der Waals surface area (Å²) in [6, 6.07) is 10.1. The molecule has 1 aliphatic rings. The molecule has 2 rings (SSSR count). The highest BCUT2D eigenvalue weighted by Crippen LogP contribution is 2.27. The summed E-state index contributed by atoms with van der Waals surface area (Å²) in [6.07, 6.45) is 6.57. The highest BCUT2D eigenvalue weighted by atomic mass is 16.2. The number of nitrogens with two attached hydrogens (primary N) is 2. The quantitative estimate of drug-likeness (QED) is 0.689. The molecule has 1 unspecified atom stereocenters. The summed E-state index contributed by atoms with van der Waals surface area (Å²) in [5.41, 5.74) is 13.4. The fourth-order valence-electron chi connectivity index (χ4n) is 1.63. The second-order valence-corrected chi connectivity index (χ2v) is 3.96. The Hall–Kier alpha value is -1.58. The SMILES string of the molecule is CCO.NC1=CCC(N)(c2ccccc2)C=C1. The number of allylic oxidation sites excluding steroid dienone is 1. The summed E-state index contributed by atoms with van der Waals surface area (Å²) >= 11 is 0. The number of aliphatic hydroxyl groups is 1. The lowest BCUT2D eigenvalue weighted by molar-refractivity contribution is 0.318. The first-order chi connectivity index (χ1) is 8.12. The van der Waals surface area contributed by atoms with Crippen LogP contribution in [0.25, 0.3) is 0 Å². The first-order valence-electron chi connectivity index (χ1n) is 5.72. The van der Waals surface area contributed by atoms with E-state index in [0.717, 1.165) is 17.7 Å². The van der Waals surface area contributed by atoms with Gasteiger partial charge in [0.1, 0.15) is 0 Å². The van der Waals surface area contributed by atoms with Crippen LogP contribution in [0.3, 0.4) is 0 Å². The van der Waals surface area contributed by atoms with Crippen LogP contribution in [0.5, 0.6) is 0 Å². The summed E-state index contributed by atoms with van der Waals surface area (Å²) in [7, 11) is 0. The van der Waals surface area contributed by atoms with Crippen molar-refractivity contribution < 1.29 is 5.11 Å². The first kappa shape index (κ1) is 13.5. The van der Waals surface area contributed by atoms with E-state index in [1.807, 2.05) is 48.6 Å². The summed E-state index contributed by atoms with van der Waals surface area (Å²) in [5, 5.41) is 7.57. The van der Waals surface area contributed by atoms with E-state index in [1.165, 1.54) is 0 Å². The molecule has 0 fully saturated rings. The van der Waals surface area contributed by atoms with E-state index >= 15 is 0 Å². The molecule has 3 heteroatoms. The van der Waals surface area contributed by atoms with Gasteiger partial charge in [-0.25, -0.2) is 0 Å². The van der Waals surface area contributed by atoms with Gasteiger partial charge in [0, 0.05) is 12.3 Å². The zero-order chi connectivity index (χ0) is 12.7. The molecule has 17 heavy (non-hydrogen) atoms. The average Bonchev–Trinajstić information content (AvgIpc) is 2.35. The Bertz CT molecular complexity index is 398. The molecule has 0 aromatic heterocycles. The molecule has 0 amide bonds. The molecule has 92 valence electrons. The molecule has 0 saturated heterocycles. The maximum Gasteiger partial charge on any atom is 0.0634 e. The van der Waals surface area contributed by atoms with E-state index in [0.29, 0.717) is 0 Å². The van der Waals surface area contributed by atoms with Crippen molar-refractivity contribution in [3.05, 3.63) is 59.8 Å². The van der Waals surface area contributed by atoms with Gasteiger partial charge in [-0.15, -0.1) is 0 Å². The van der Waals surface area contributed by atoms with Crippen LogP contribution in [-0.4, -0.2) is 11.7 Å². The number of rotatable bonds is 1. The molecule has 0 saturated carbocycles. The number of aliphatic hydroxyl groups excluding tert-OH is 1. The fraction of sp³-hybridized carbons (Fsp3) is 0.286. The van der Waals surface area contributed by atoms with Crippen LogP contribution in [-0.2, 0) is 5.54 Å². The molecule has 0 bridgehead atoms. The highest BCUT2D eigenvalue weighted by molar-refractivity contribution is 5.36. The monoisotopic (exact) mass is 232 g/mol. The van der Waals surface area contributed by atoms with Gasteiger partial charge in [0.25, 0.3) is 0 Å². The maximum atomic E-state index is 7.57. The molecular weight excluding hydrogens is 212 g/mol. The first-order valence-corrected chi connectivity index (χ1v) is 5.72. The molecule has 0 heterocycles. The van der Waals surface area contributed by atoms with Gasteiger partial charge in [-0.2, -0.15) is 0 Å². The predicted molar refractivity (Wildman–Crippen MR) is 71.1 cm³/mol. The third-order valence-corrected chi connectivity index (χ3v) is 2.56. The second-order valence-electron chi connectivity index (χ2n) is 3.96. The van der Waals surface area contributed by atoms with Crippen LogP contribution >= 0.6 is 0 Å². The van der Waals surface area contributed by atoms with Gasteiger partial charge in [0.2, 0.25) is 0 Å². The summed E-state index contributed by atoms with van der Waals surface area (Å²) in [4.78, 5) is 0. The third kappa shape index (κ3) is 3.73. The molecule has 1 aromatic carbocycles. The highest BCUT2D eigenvalue weighted by Gasteiger charge is 2.24. The van der Waals surface area contributed by atoms with E-state index in [9.17, 15) is 0 Å². The number of benzene rings is 1. The van der Waals surface area contributed by atoms with Crippen LogP contribution in [0.2, 0.25) is 0 Å². The molecule has 0 spiro atoms. The summed E-state index contributed by atoms with van der Waals surface area (Å²) < 4.78 is 0. The van der Waals surface area contributed by atoms with E-state index in [2.05, 4.69) is 0 Å². The predicted octanol–water partition coefficient (Wildman–Crippen LogP) is 1.64. The van der Waals surface area contributed by atoms with Crippen LogP contribution in [0.4, 0.5) is 0 Å². The third-order valence-electron chi connectivity index (χ3n) is 2.56. The van der Waals surface area contributed by atoms with Crippen molar-refractivity contribution in [3.8, 4) is 0 Å². The zero-order valence-corrected chi connectivity index (χ0v) is 10.1. The Balaban J connectivity index is 0.000000437. The maximum absolute atomic E-state index is 7.57. The summed E-state index contributed by atoms with van der Waals surface area (Å²) in [5.74, 6) is 0. The molecule has 0 aliphatic heterocycles. The van der Waals surface area contributed by atoms with Gasteiger partial charge < -0.3 is 16.6 Å². The van der Waals surface area contributed by atoms with Crippen molar-refractivity contribution in [2.75, 3.05) is 6.61 Å². The van der Waals surface area contributed by atoms with Gasteiger partial charge in [0.05, 0.1) is 5.54 Å². The van der Waals surface area contributed by atoms with Crippen molar-refractivity contribution in [1.82, 2.24) is 0 Å². The van der Waals surface area contributed by atoms with Gasteiger partial charge in [-0.3, -0.25) is 0 Å². The molecule has 0 radical (unpaired) electrons. The molecule has 1 aromatic rings. The second kappa shape index (κ2) is 6.23. The van der Waals surface area contributed by atoms with E-state index < -0.39 is 0 Å². The fourth-order valence-corrected chi connectivity index (χ4v) is 1.63. The van der Waals surface area contributed by atoms with Crippen molar-refractivity contribution in [2.24, 2.45) is 11.5 Å². The van der Waals surface area contributed by atoms with Crippen molar-refractivity contribution in [2.45, 2.75) is 18.9 Å². The minimum Gasteiger partial charge on any atom is -0.399 e. The van der Waals surface area contributed by atoms with Crippen LogP contribution < -0.4 is 11.5 Å². The Labute approximate surface area is 102 Å². The average molecular weight is 232 g/mol. The zero-order valence-electron chi connectivity index (χ0n) is 10.1. The van der Waals surface area contributed by atoms with E-state index in [1.54, 1.807) is 6.92 Å². The van der Waals surface area contributed by atoms with Crippen LogP contribution in [0.15, 0.2) is 54.3 Å². The lowest BCUT2D eigenvalue weighted by Crippen LogP contribution is -2.35. The minimum atomic E-state index is -0.385. The minimum absolute atomic E-state index is 0.250. The standard InChI is InChI=1S/C12H14N2.C2H6O/c13-11-6-8-12(14,9-7-11)10-4-2-1-3-5-10;1-2-3/h1-8H,9,13-14H2;3H,2H2,1H3. The lowest BCUT2D eigenvalue weighted by atomic mass is 9.84. The molecule has 1 atom stereocenters. The Morgan fingerprint density at radius 1 is 1.29 bits per heavy atom. The van der Waals surface area contributed by atoms with Gasteiger partial charge in [-0.05, 0) is 25.0 Å². The molecule has 1 aliphatic carbocycles.